The lowest BCUT2D eigenvalue weighted by molar-refractivity contribution is 0.0185. The molecule has 0 aliphatic carbocycles. The number of morpholine rings is 1. The number of ether oxygens (including phenoxy) is 1. The maximum Gasteiger partial charge on any atom is 0.0594 e. The molecule has 2 atom stereocenters. The third-order valence-corrected chi connectivity index (χ3v) is 4.34. The van der Waals surface area contributed by atoms with E-state index < -0.39 is 0 Å². The molecule has 0 aromatic heterocycles. The molecule has 2 heterocycles. The Morgan fingerprint density at radius 2 is 2.06 bits per heavy atom. The minimum Gasteiger partial charge on any atom is -0.379 e. The second-order valence-electron chi connectivity index (χ2n) is 5.65. The van der Waals surface area contributed by atoms with E-state index in [1.165, 1.54) is 32.5 Å². The summed E-state index contributed by atoms with van der Waals surface area (Å²) in [5.41, 5.74) is 0. The second kappa shape index (κ2) is 7.43. The monoisotopic (exact) mass is 255 g/mol. The van der Waals surface area contributed by atoms with Crippen LogP contribution in [0.4, 0.5) is 0 Å². The van der Waals surface area contributed by atoms with Gasteiger partial charge in [0.05, 0.1) is 13.2 Å². The van der Waals surface area contributed by atoms with Gasteiger partial charge in [-0.2, -0.15) is 0 Å². The number of hydrogen-bond acceptors (Lipinski definition) is 4. The molecule has 4 heteroatoms. The zero-order valence-electron chi connectivity index (χ0n) is 12.0. The van der Waals surface area contributed by atoms with E-state index in [4.69, 9.17) is 4.74 Å². The third-order valence-electron chi connectivity index (χ3n) is 4.34. The van der Waals surface area contributed by atoms with Crippen LogP contribution in [0.25, 0.3) is 0 Å². The van der Waals surface area contributed by atoms with E-state index in [1.54, 1.807) is 0 Å². The average Bonchev–Trinajstić information content (AvgIpc) is 2.88. The molecule has 2 fully saturated rings. The van der Waals surface area contributed by atoms with Gasteiger partial charge in [-0.25, -0.2) is 0 Å². The number of hydrogen-bond donors (Lipinski definition) is 1. The Morgan fingerprint density at radius 3 is 2.78 bits per heavy atom. The molecule has 1 N–H and O–H groups in total. The zero-order valence-corrected chi connectivity index (χ0v) is 12.0. The molecule has 0 spiro atoms. The first-order valence-electron chi connectivity index (χ1n) is 7.57. The first-order valence-corrected chi connectivity index (χ1v) is 7.57. The lowest BCUT2D eigenvalue weighted by Crippen LogP contribution is -2.45. The van der Waals surface area contributed by atoms with Crippen molar-refractivity contribution in [3.8, 4) is 0 Å². The highest BCUT2D eigenvalue weighted by Gasteiger charge is 2.28. The van der Waals surface area contributed by atoms with Crippen LogP contribution in [0.15, 0.2) is 0 Å². The van der Waals surface area contributed by atoms with Crippen molar-refractivity contribution < 1.29 is 4.74 Å². The lowest BCUT2D eigenvalue weighted by atomic mass is 10.2. The topological polar surface area (TPSA) is 27.7 Å². The summed E-state index contributed by atoms with van der Waals surface area (Å²) in [5.74, 6) is 0. The molecule has 0 aromatic rings. The van der Waals surface area contributed by atoms with Gasteiger partial charge in [-0.15, -0.1) is 0 Å². The Bertz CT molecular complexity index is 231. The van der Waals surface area contributed by atoms with Crippen LogP contribution >= 0.6 is 0 Å². The highest BCUT2D eigenvalue weighted by molar-refractivity contribution is 4.84. The van der Waals surface area contributed by atoms with Crippen molar-refractivity contribution in [3.63, 3.8) is 0 Å². The van der Waals surface area contributed by atoms with Gasteiger partial charge in [0.2, 0.25) is 0 Å². The minimum atomic E-state index is 0.655. The van der Waals surface area contributed by atoms with Gasteiger partial charge in [0, 0.05) is 44.8 Å². The van der Waals surface area contributed by atoms with Crippen LogP contribution in [0.5, 0.6) is 0 Å². The summed E-state index contributed by atoms with van der Waals surface area (Å²) in [6.07, 6.45) is 2.56. The highest BCUT2D eigenvalue weighted by atomic mass is 16.5. The van der Waals surface area contributed by atoms with Crippen molar-refractivity contribution in [1.82, 2.24) is 15.1 Å². The standard InChI is InChI=1S/C14H29N3O/c1-3-13(2)15-5-7-16-6-4-14(12-16)17-8-10-18-11-9-17/h13-15H,3-12H2,1-2H3. The Labute approximate surface area is 112 Å². The third kappa shape index (κ3) is 4.19. The smallest absolute Gasteiger partial charge is 0.0594 e. The molecule has 0 saturated carbocycles. The van der Waals surface area contributed by atoms with Crippen LogP contribution in [0.2, 0.25) is 0 Å². The number of nitrogens with one attached hydrogen (secondary N) is 1. The molecule has 4 nitrogen and oxygen atoms in total. The minimum absolute atomic E-state index is 0.655. The lowest BCUT2D eigenvalue weighted by Gasteiger charge is -2.32. The van der Waals surface area contributed by atoms with Crippen LogP contribution < -0.4 is 5.32 Å². The second-order valence-corrected chi connectivity index (χ2v) is 5.65. The van der Waals surface area contributed by atoms with E-state index >= 15 is 0 Å². The molecular weight excluding hydrogens is 226 g/mol. The van der Waals surface area contributed by atoms with E-state index in [0.29, 0.717) is 6.04 Å². The fraction of sp³-hybridized carbons (Fsp3) is 1.00. The summed E-state index contributed by atoms with van der Waals surface area (Å²) in [4.78, 5) is 5.22. The molecule has 0 aromatic carbocycles. The number of rotatable bonds is 6. The van der Waals surface area contributed by atoms with Crippen molar-refractivity contribution in [2.45, 2.75) is 38.8 Å². The van der Waals surface area contributed by atoms with Crippen molar-refractivity contribution in [2.24, 2.45) is 0 Å². The molecular formula is C14H29N3O. The van der Waals surface area contributed by atoms with E-state index in [1.807, 2.05) is 0 Å². The van der Waals surface area contributed by atoms with Gasteiger partial charge < -0.3 is 15.0 Å². The maximum absolute atomic E-state index is 5.42. The van der Waals surface area contributed by atoms with Crippen LogP contribution in [-0.2, 0) is 4.74 Å². The Kier molecular flexibility index (Phi) is 5.89. The van der Waals surface area contributed by atoms with Gasteiger partial charge in [0.25, 0.3) is 0 Å². The van der Waals surface area contributed by atoms with E-state index in [2.05, 4.69) is 29.0 Å². The van der Waals surface area contributed by atoms with Crippen LogP contribution in [0.3, 0.4) is 0 Å². The molecule has 0 radical (unpaired) electrons. The molecule has 0 amide bonds. The normalized spacial score (nSPS) is 28.7. The van der Waals surface area contributed by atoms with E-state index in [-0.39, 0.29) is 0 Å². The van der Waals surface area contributed by atoms with Gasteiger partial charge >= 0.3 is 0 Å². The molecule has 2 unspecified atom stereocenters. The number of nitrogens with zero attached hydrogens (tertiary/aromatic N) is 2. The fourth-order valence-electron chi connectivity index (χ4n) is 2.87. The summed E-state index contributed by atoms with van der Waals surface area (Å²) >= 11 is 0. The molecule has 18 heavy (non-hydrogen) atoms. The van der Waals surface area contributed by atoms with Crippen LogP contribution in [0.1, 0.15) is 26.7 Å². The Balaban J connectivity index is 1.62. The molecule has 106 valence electrons. The predicted octanol–water partition coefficient (Wildman–Crippen LogP) is 0.781. The summed E-state index contributed by atoms with van der Waals surface area (Å²) in [7, 11) is 0. The van der Waals surface area contributed by atoms with Gasteiger partial charge in [-0.3, -0.25) is 4.90 Å². The van der Waals surface area contributed by atoms with Gasteiger partial charge in [-0.1, -0.05) is 6.92 Å². The molecule has 2 aliphatic rings. The van der Waals surface area contributed by atoms with Gasteiger partial charge in [0.15, 0.2) is 0 Å². The summed E-state index contributed by atoms with van der Waals surface area (Å²) in [6, 6.07) is 1.43. The SMILES string of the molecule is CCC(C)NCCN1CCC(N2CCOCC2)C1. The van der Waals surface area contributed by atoms with Crippen molar-refractivity contribution in [2.75, 3.05) is 52.5 Å². The predicted molar refractivity (Wildman–Crippen MR) is 75.0 cm³/mol. The van der Waals surface area contributed by atoms with E-state index in [9.17, 15) is 0 Å². The van der Waals surface area contributed by atoms with Crippen molar-refractivity contribution >= 4 is 0 Å². The van der Waals surface area contributed by atoms with Crippen LogP contribution in [0, 0.1) is 0 Å². The van der Waals surface area contributed by atoms with Gasteiger partial charge in [-0.05, 0) is 26.3 Å². The number of likely N-dealkylation sites (tertiary alicyclic amines) is 1. The van der Waals surface area contributed by atoms with Crippen molar-refractivity contribution in [3.05, 3.63) is 0 Å². The van der Waals surface area contributed by atoms with Gasteiger partial charge in [0.1, 0.15) is 0 Å². The van der Waals surface area contributed by atoms with E-state index in [0.717, 1.165) is 38.9 Å². The molecule has 2 rings (SSSR count). The summed E-state index contributed by atoms with van der Waals surface area (Å²) in [5, 5.41) is 3.58. The molecule has 2 aliphatic heterocycles. The summed E-state index contributed by atoms with van der Waals surface area (Å²) in [6.45, 7) is 13.5. The quantitative estimate of drug-likeness (QED) is 0.759. The Morgan fingerprint density at radius 1 is 1.28 bits per heavy atom. The molecule has 2 saturated heterocycles. The first kappa shape index (κ1) is 14.3. The summed E-state index contributed by atoms with van der Waals surface area (Å²) < 4.78 is 5.42. The Hall–Kier alpha value is -0.160. The maximum atomic E-state index is 5.42. The average molecular weight is 255 g/mol. The largest absolute Gasteiger partial charge is 0.379 e. The highest BCUT2D eigenvalue weighted by Crippen LogP contribution is 2.16. The zero-order chi connectivity index (χ0) is 12.8. The van der Waals surface area contributed by atoms with Crippen molar-refractivity contribution in [1.29, 1.82) is 0 Å². The fourth-order valence-corrected chi connectivity index (χ4v) is 2.87. The van der Waals surface area contributed by atoms with Crippen LogP contribution in [-0.4, -0.2) is 74.4 Å². The first-order chi connectivity index (χ1) is 8.79. The molecule has 0 bridgehead atoms.